The molecule has 0 unspecified atom stereocenters. The molecule has 0 bridgehead atoms. The van der Waals surface area contributed by atoms with Gasteiger partial charge in [-0.15, -0.1) is 0 Å². The van der Waals surface area contributed by atoms with Crippen molar-refractivity contribution in [3.05, 3.63) is 255 Å². The Labute approximate surface area is 405 Å². The van der Waals surface area contributed by atoms with E-state index in [1.54, 1.807) is 0 Å². The summed E-state index contributed by atoms with van der Waals surface area (Å²) >= 11 is 0. The summed E-state index contributed by atoms with van der Waals surface area (Å²) in [4.78, 5) is 4.63. The maximum absolute atomic E-state index is 6.99. The van der Waals surface area contributed by atoms with E-state index in [9.17, 15) is 0 Å². The number of anilines is 6. The summed E-state index contributed by atoms with van der Waals surface area (Å²) in [6, 6.07) is 90.9. The SMILES string of the molecule is c1ccc(-c2ccccc2N(c2ccccc2)c2ccc(-c3cc4c5cccc6c5c(cc4c4ccccc34)-c3ccc(N(c4ccccc4)c4cccc5c4oc4ccccc45)cc3O6)cc2)cc1. The highest BCUT2D eigenvalue weighted by Crippen LogP contribution is 2.53. The maximum atomic E-state index is 6.99. The van der Waals surface area contributed by atoms with Crippen LogP contribution in [0.25, 0.3) is 87.6 Å². The average Bonchev–Trinajstić information content (AvgIpc) is 3.82. The Morgan fingerprint density at radius 3 is 1.60 bits per heavy atom. The third-order valence-corrected chi connectivity index (χ3v) is 14.0. The van der Waals surface area contributed by atoms with Gasteiger partial charge in [0.1, 0.15) is 17.1 Å². The molecule has 0 saturated heterocycles. The number of hydrogen-bond acceptors (Lipinski definition) is 4. The van der Waals surface area contributed by atoms with Gasteiger partial charge in [0.05, 0.1) is 17.1 Å². The zero-order valence-corrected chi connectivity index (χ0v) is 38.0. The molecule has 4 nitrogen and oxygen atoms in total. The number of ether oxygens (including phenoxy) is 1. The van der Waals surface area contributed by atoms with Gasteiger partial charge in [-0.05, 0) is 134 Å². The number of rotatable bonds is 8. The van der Waals surface area contributed by atoms with E-state index in [1.165, 1.54) is 43.6 Å². The van der Waals surface area contributed by atoms with Crippen LogP contribution in [0.15, 0.2) is 259 Å². The number of fused-ring (bicyclic) bond motifs is 9. The van der Waals surface area contributed by atoms with E-state index >= 15 is 0 Å². The van der Waals surface area contributed by atoms with Crippen molar-refractivity contribution in [2.24, 2.45) is 0 Å². The molecule has 0 amide bonds. The summed E-state index contributed by atoms with van der Waals surface area (Å²) < 4.78 is 13.6. The highest BCUT2D eigenvalue weighted by atomic mass is 16.5. The number of hydrogen-bond donors (Lipinski definition) is 0. The van der Waals surface area contributed by atoms with Gasteiger partial charge in [-0.1, -0.05) is 164 Å². The van der Waals surface area contributed by atoms with E-state index in [2.05, 4.69) is 252 Å². The van der Waals surface area contributed by atoms with Crippen LogP contribution in [0.5, 0.6) is 11.5 Å². The first-order chi connectivity index (χ1) is 34.7. The molecule has 1 aliphatic rings. The molecule has 4 heteroatoms. The molecule has 0 fully saturated rings. The minimum atomic E-state index is 0.812. The van der Waals surface area contributed by atoms with Gasteiger partial charge in [-0.2, -0.15) is 0 Å². The molecular weight excluding hydrogens is 853 g/mol. The second kappa shape index (κ2) is 16.2. The molecule has 1 aromatic heterocycles. The molecule has 12 aromatic carbocycles. The van der Waals surface area contributed by atoms with Crippen LogP contribution in [0.3, 0.4) is 0 Å². The third kappa shape index (κ3) is 6.38. The Bertz CT molecular complexity index is 4150. The quantitative estimate of drug-likeness (QED) is 0.142. The highest BCUT2D eigenvalue weighted by Gasteiger charge is 2.26. The molecule has 0 radical (unpaired) electrons. The Morgan fingerprint density at radius 2 is 0.814 bits per heavy atom. The van der Waals surface area contributed by atoms with Crippen LogP contribution in [0.4, 0.5) is 34.1 Å². The lowest BCUT2D eigenvalue weighted by molar-refractivity contribution is 0.487. The van der Waals surface area contributed by atoms with E-state index < -0.39 is 0 Å². The molecule has 0 N–H and O–H groups in total. The van der Waals surface area contributed by atoms with Crippen LogP contribution < -0.4 is 14.5 Å². The van der Waals surface area contributed by atoms with Gasteiger partial charge in [0.15, 0.2) is 5.58 Å². The van der Waals surface area contributed by atoms with Crippen molar-refractivity contribution in [2.45, 2.75) is 0 Å². The Hall–Kier alpha value is -9.38. The molecule has 0 saturated carbocycles. The lowest BCUT2D eigenvalue weighted by Crippen LogP contribution is -2.11. The van der Waals surface area contributed by atoms with Crippen LogP contribution in [0.2, 0.25) is 0 Å². The predicted molar refractivity (Wildman–Crippen MR) is 292 cm³/mol. The van der Waals surface area contributed by atoms with Crippen LogP contribution in [-0.2, 0) is 0 Å². The minimum Gasteiger partial charge on any atom is -0.456 e. The van der Waals surface area contributed by atoms with Crippen LogP contribution >= 0.6 is 0 Å². The zero-order valence-electron chi connectivity index (χ0n) is 38.0. The fourth-order valence-electron chi connectivity index (χ4n) is 10.9. The van der Waals surface area contributed by atoms with E-state index in [1.807, 2.05) is 12.1 Å². The largest absolute Gasteiger partial charge is 0.456 e. The van der Waals surface area contributed by atoms with E-state index in [0.717, 1.165) is 89.6 Å². The summed E-state index contributed by atoms with van der Waals surface area (Å²) in [7, 11) is 0. The first-order valence-corrected chi connectivity index (χ1v) is 23.8. The number of furan rings is 1. The molecule has 0 atom stereocenters. The van der Waals surface area contributed by atoms with Crippen molar-refractivity contribution in [2.75, 3.05) is 9.80 Å². The van der Waals surface area contributed by atoms with Gasteiger partial charge in [-0.3, -0.25) is 0 Å². The Morgan fingerprint density at radius 1 is 0.271 bits per heavy atom. The van der Waals surface area contributed by atoms with E-state index in [4.69, 9.17) is 9.15 Å². The first kappa shape index (κ1) is 39.8. The molecule has 13 aromatic rings. The number of benzene rings is 12. The monoisotopic (exact) mass is 894 g/mol. The summed E-state index contributed by atoms with van der Waals surface area (Å²) in [5, 5.41) is 9.29. The maximum Gasteiger partial charge on any atom is 0.159 e. The third-order valence-electron chi connectivity index (χ3n) is 14.0. The fraction of sp³-hybridized carbons (Fsp3) is 0. The molecule has 2 heterocycles. The van der Waals surface area contributed by atoms with Gasteiger partial charge in [0.25, 0.3) is 0 Å². The molecule has 1 aliphatic heterocycles. The summed E-state index contributed by atoms with van der Waals surface area (Å²) in [5.74, 6) is 1.66. The van der Waals surface area contributed by atoms with Crippen LogP contribution in [0, 0.1) is 0 Å². The van der Waals surface area contributed by atoms with Crippen LogP contribution in [-0.4, -0.2) is 0 Å². The van der Waals surface area contributed by atoms with Crippen molar-refractivity contribution in [3.63, 3.8) is 0 Å². The Kier molecular flexibility index (Phi) is 9.17. The number of para-hydroxylation sites is 5. The first-order valence-electron chi connectivity index (χ1n) is 23.8. The van der Waals surface area contributed by atoms with Crippen molar-refractivity contribution >= 4 is 88.4 Å². The second-order valence-electron chi connectivity index (χ2n) is 18.0. The molecule has 0 aliphatic carbocycles. The van der Waals surface area contributed by atoms with Crippen molar-refractivity contribution in [1.29, 1.82) is 0 Å². The second-order valence-corrected chi connectivity index (χ2v) is 18.0. The van der Waals surface area contributed by atoms with Crippen molar-refractivity contribution in [1.82, 2.24) is 0 Å². The van der Waals surface area contributed by atoms with Gasteiger partial charge in [0, 0.05) is 50.4 Å². The van der Waals surface area contributed by atoms with Gasteiger partial charge >= 0.3 is 0 Å². The topological polar surface area (TPSA) is 28.9 Å². The van der Waals surface area contributed by atoms with Crippen molar-refractivity contribution < 1.29 is 9.15 Å². The Balaban J connectivity index is 0.898. The fourth-order valence-corrected chi connectivity index (χ4v) is 10.9. The predicted octanol–water partition coefficient (Wildman–Crippen LogP) is 19.1. The summed E-state index contributed by atoms with van der Waals surface area (Å²) in [6.45, 7) is 0. The average molecular weight is 895 g/mol. The zero-order chi connectivity index (χ0) is 46.1. The van der Waals surface area contributed by atoms with Crippen LogP contribution in [0.1, 0.15) is 0 Å². The summed E-state index contributed by atoms with van der Waals surface area (Å²) in [6.07, 6.45) is 0. The lowest BCUT2D eigenvalue weighted by atomic mass is 9.86. The van der Waals surface area contributed by atoms with Gasteiger partial charge in [0.2, 0.25) is 0 Å². The minimum absolute atomic E-state index is 0.812. The van der Waals surface area contributed by atoms with Gasteiger partial charge < -0.3 is 19.0 Å². The molecule has 14 rings (SSSR count). The lowest BCUT2D eigenvalue weighted by Gasteiger charge is -2.28. The van der Waals surface area contributed by atoms with E-state index in [0.29, 0.717) is 0 Å². The standard InChI is InChI=1S/C66H42N2O2/c1-4-18-43(19-5-1)49-24-12-14-30-60(49)67(45-20-6-2-7-21-45)47-36-34-44(35-37-47)56-41-58-54-28-17-33-63-65(54)59(42-57(58)51-26-11-10-25-50(51)56)53-39-38-48(40-64(53)69-63)68(46-22-8-3-9-23-46)61-31-16-29-55-52-27-13-15-32-62(52)70-66(55)61/h1-42H. The molecular formula is C66H42N2O2. The normalized spacial score (nSPS) is 11.8. The molecule has 70 heavy (non-hydrogen) atoms. The molecule has 0 spiro atoms. The van der Waals surface area contributed by atoms with Crippen molar-refractivity contribution in [3.8, 4) is 44.9 Å². The highest BCUT2D eigenvalue weighted by molar-refractivity contribution is 6.25. The number of nitrogens with zero attached hydrogens (tertiary/aromatic N) is 2. The summed E-state index contributed by atoms with van der Waals surface area (Å²) in [5.41, 5.74) is 14.9. The smallest absolute Gasteiger partial charge is 0.159 e. The van der Waals surface area contributed by atoms with E-state index in [-0.39, 0.29) is 0 Å². The van der Waals surface area contributed by atoms with Gasteiger partial charge in [-0.25, -0.2) is 0 Å². The molecule has 328 valence electrons.